The van der Waals surface area contributed by atoms with Gasteiger partial charge in [0.15, 0.2) is 0 Å². The number of rotatable bonds is 2. The molecule has 17 heavy (non-hydrogen) atoms. The van der Waals surface area contributed by atoms with Crippen LogP contribution in [0.4, 0.5) is 4.39 Å². The first-order valence-electron chi connectivity index (χ1n) is 4.83. The third kappa shape index (κ3) is 2.51. The molecule has 1 atom stereocenters. The fraction of sp³-hybridized carbons (Fsp3) is 0.167. The molecule has 2 aromatic rings. The molecular formula is C12H8BrCl2FO. The molecule has 1 aromatic heterocycles. The molecule has 0 aliphatic rings. The van der Waals surface area contributed by atoms with E-state index in [-0.39, 0.29) is 0 Å². The van der Waals surface area contributed by atoms with Crippen molar-refractivity contribution >= 4 is 39.1 Å². The Kier molecular flexibility index (Phi) is 3.81. The van der Waals surface area contributed by atoms with Crippen LogP contribution in [0.15, 0.2) is 33.4 Å². The van der Waals surface area contributed by atoms with Gasteiger partial charge < -0.3 is 4.42 Å². The zero-order valence-corrected chi connectivity index (χ0v) is 11.9. The summed E-state index contributed by atoms with van der Waals surface area (Å²) in [7, 11) is 0. The second-order valence-electron chi connectivity index (χ2n) is 3.58. The maximum absolute atomic E-state index is 13.8. The van der Waals surface area contributed by atoms with E-state index in [0.717, 1.165) is 5.56 Å². The average molecular weight is 338 g/mol. The van der Waals surface area contributed by atoms with Crippen molar-refractivity contribution in [3.05, 3.63) is 56.7 Å². The van der Waals surface area contributed by atoms with Crippen LogP contribution in [0.25, 0.3) is 0 Å². The normalized spacial score (nSPS) is 12.8. The van der Waals surface area contributed by atoms with Crippen molar-refractivity contribution in [2.75, 3.05) is 0 Å². The summed E-state index contributed by atoms with van der Waals surface area (Å²) < 4.78 is 19.5. The molecule has 0 fully saturated rings. The summed E-state index contributed by atoms with van der Waals surface area (Å²) in [5, 5.41) is -0.187. The lowest BCUT2D eigenvalue weighted by Crippen LogP contribution is -1.97. The van der Waals surface area contributed by atoms with E-state index < -0.39 is 11.2 Å². The molecule has 0 bridgehead atoms. The van der Waals surface area contributed by atoms with Crippen molar-refractivity contribution in [3.8, 4) is 0 Å². The van der Waals surface area contributed by atoms with E-state index in [9.17, 15) is 4.39 Å². The van der Waals surface area contributed by atoms with E-state index in [2.05, 4.69) is 15.9 Å². The van der Waals surface area contributed by atoms with Crippen LogP contribution < -0.4 is 0 Å². The van der Waals surface area contributed by atoms with Gasteiger partial charge in [0.1, 0.15) is 11.6 Å². The van der Waals surface area contributed by atoms with Gasteiger partial charge in [-0.25, -0.2) is 4.39 Å². The quantitative estimate of drug-likeness (QED) is 0.523. The fourth-order valence-corrected chi connectivity index (χ4v) is 2.44. The summed E-state index contributed by atoms with van der Waals surface area (Å²) in [6, 6.07) is 4.55. The van der Waals surface area contributed by atoms with Gasteiger partial charge in [0.05, 0.1) is 16.7 Å². The van der Waals surface area contributed by atoms with Crippen LogP contribution in [0.1, 0.15) is 22.3 Å². The maximum Gasteiger partial charge on any atom is 0.129 e. The predicted octanol–water partition coefficient (Wildman–Crippen LogP) is 5.47. The number of hydrogen-bond donors (Lipinski definition) is 0. The lowest BCUT2D eigenvalue weighted by Gasteiger charge is -2.11. The Morgan fingerprint density at radius 3 is 2.65 bits per heavy atom. The van der Waals surface area contributed by atoms with E-state index in [1.807, 2.05) is 0 Å². The van der Waals surface area contributed by atoms with Crippen molar-refractivity contribution in [3.63, 3.8) is 0 Å². The maximum atomic E-state index is 13.8. The standard InChI is InChI=1S/C12H8BrCl2FO/c1-6-7(2-3-17-6)12(15)8-4-10(14)9(13)5-11(8)16/h2-5,12H,1H3. The van der Waals surface area contributed by atoms with Gasteiger partial charge in [-0.1, -0.05) is 11.6 Å². The van der Waals surface area contributed by atoms with Crippen LogP contribution in [0.3, 0.4) is 0 Å². The first-order chi connectivity index (χ1) is 8.00. The molecule has 0 amide bonds. The molecule has 1 nitrogen and oxygen atoms in total. The molecular weight excluding hydrogens is 330 g/mol. The third-order valence-electron chi connectivity index (χ3n) is 2.48. The van der Waals surface area contributed by atoms with Crippen molar-refractivity contribution in [2.45, 2.75) is 12.3 Å². The Labute approximate surface area is 117 Å². The van der Waals surface area contributed by atoms with Crippen LogP contribution >= 0.6 is 39.1 Å². The number of alkyl halides is 1. The number of benzene rings is 1. The van der Waals surface area contributed by atoms with Crippen LogP contribution in [0.5, 0.6) is 0 Å². The molecule has 5 heteroatoms. The van der Waals surface area contributed by atoms with E-state index >= 15 is 0 Å². The Morgan fingerprint density at radius 2 is 2.06 bits per heavy atom. The van der Waals surface area contributed by atoms with Crippen LogP contribution in [0.2, 0.25) is 5.02 Å². The first kappa shape index (κ1) is 12.9. The predicted molar refractivity (Wildman–Crippen MR) is 70.3 cm³/mol. The number of furan rings is 1. The van der Waals surface area contributed by atoms with Gasteiger partial charge in [0, 0.05) is 15.6 Å². The van der Waals surface area contributed by atoms with E-state index in [1.165, 1.54) is 18.4 Å². The molecule has 1 heterocycles. The van der Waals surface area contributed by atoms with Crippen LogP contribution in [0, 0.1) is 12.7 Å². The lowest BCUT2D eigenvalue weighted by molar-refractivity contribution is 0.529. The molecule has 0 saturated carbocycles. The van der Waals surface area contributed by atoms with E-state index in [0.29, 0.717) is 20.8 Å². The molecule has 90 valence electrons. The summed E-state index contributed by atoms with van der Waals surface area (Å²) >= 11 is 15.3. The summed E-state index contributed by atoms with van der Waals surface area (Å²) in [5.74, 6) is 0.269. The number of hydrogen-bond acceptors (Lipinski definition) is 1. The molecule has 2 rings (SSSR count). The highest BCUT2D eigenvalue weighted by Crippen LogP contribution is 2.36. The van der Waals surface area contributed by atoms with Crippen LogP contribution in [-0.2, 0) is 0 Å². The van der Waals surface area contributed by atoms with Gasteiger partial charge in [-0.2, -0.15) is 0 Å². The van der Waals surface area contributed by atoms with Crippen LogP contribution in [-0.4, -0.2) is 0 Å². The minimum Gasteiger partial charge on any atom is -0.469 e. The molecule has 1 unspecified atom stereocenters. The zero-order valence-electron chi connectivity index (χ0n) is 8.81. The van der Waals surface area contributed by atoms with Gasteiger partial charge in [-0.15, -0.1) is 11.6 Å². The van der Waals surface area contributed by atoms with Crippen molar-refractivity contribution in [1.29, 1.82) is 0 Å². The highest BCUT2D eigenvalue weighted by molar-refractivity contribution is 9.10. The highest BCUT2D eigenvalue weighted by Gasteiger charge is 2.20. The summed E-state index contributed by atoms with van der Waals surface area (Å²) in [6.07, 6.45) is 1.53. The molecule has 0 N–H and O–H groups in total. The average Bonchev–Trinajstić information content (AvgIpc) is 2.69. The van der Waals surface area contributed by atoms with Gasteiger partial charge in [-0.05, 0) is 41.1 Å². The van der Waals surface area contributed by atoms with Crippen molar-refractivity contribution < 1.29 is 8.81 Å². The molecule has 0 aliphatic heterocycles. The summed E-state index contributed by atoms with van der Waals surface area (Å²) in [4.78, 5) is 0. The van der Waals surface area contributed by atoms with E-state index in [4.69, 9.17) is 27.6 Å². The fourth-order valence-electron chi connectivity index (χ4n) is 1.56. The zero-order chi connectivity index (χ0) is 12.6. The SMILES string of the molecule is Cc1occc1C(Cl)c1cc(Cl)c(Br)cc1F. The Morgan fingerprint density at radius 1 is 1.35 bits per heavy atom. The Balaban J connectivity index is 2.48. The molecule has 0 aliphatic carbocycles. The Bertz CT molecular complexity index is 553. The number of halogens is 4. The second kappa shape index (κ2) is 5.01. The lowest BCUT2D eigenvalue weighted by atomic mass is 10.0. The second-order valence-corrected chi connectivity index (χ2v) is 5.28. The smallest absolute Gasteiger partial charge is 0.129 e. The molecule has 0 spiro atoms. The van der Waals surface area contributed by atoms with Crippen molar-refractivity contribution in [1.82, 2.24) is 0 Å². The summed E-state index contributed by atoms with van der Waals surface area (Å²) in [5.41, 5.74) is 1.08. The minimum absolute atomic E-state index is 0.337. The van der Waals surface area contributed by atoms with Gasteiger partial charge in [0.25, 0.3) is 0 Å². The van der Waals surface area contributed by atoms with E-state index in [1.54, 1.807) is 13.0 Å². The summed E-state index contributed by atoms with van der Waals surface area (Å²) in [6.45, 7) is 1.78. The number of aryl methyl sites for hydroxylation is 1. The third-order valence-corrected chi connectivity index (χ3v) is 4.15. The van der Waals surface area contributed by atoms with Gasteiger partial charge in [0.2, 0.25) is 0 Å². The van der Waals surface area contributed by atoms with Gasteiger partial charge >= 0.3 is 0 Å². The Hall–Kier alpha value is -0.510. The molecule has 0 saturated heterocycles. The minimum atomic E-state index is -0.612. The first-order valence-corrected chi connectivity index (χ1v) is 6.44. The molecule has 0 radical (unpaired) electrons. The monoisotopic (exact) mass is 336 g/mol. The topological polar surface area (TPSA) is 13.1 Å². The van der Waals surface area contributed by atoms with Gasteiger partial charge in [-0.3, -0.25) is 0 Å². The largest absolute Gasteiger partial charge is 0.469 e. The molecule has 1 aromatic carbocycles. The highest BCUT2D eigenvalue weighted by atomic mass is 79.9. The van der Waals surface area contributed by atoms with Crippen molar-refractivity contribution in [2.24, 2.45) is 0 Å².